The molecule has 3 N–H and O–H groups in total. The van der Waals surface area contributed by atoms with Gasteiger partial charge in [0.2, 0.25) is 11.8 Å². The number of nitrogens with two attached hydrogens (primary N) is 1. The number of carbonyl (C=O) groups excluding carboxylic acids is 2. The van der Waals surface area contributed by atoms with Crippen molar-refractivity contribution in [2.45, 2.75) is 36.4 Å². The van der Waals surface area contributed by atoms with E-state index in [4.69, 9.17) is 15.2 Å². The number of benzene rings is 2. The van der Waals surface area contributed by atoms with E-state index in [0.717, 1.165) is 43.5 Å². The predicted octanol–water partition coefficient (Wildman–Crippen LogP) is 3.47. The highest BCUT2D eigenvalue weighted by Gasteiger charge is 2.44. The van der Waals surface area contributed by atoms with Crippen molar-refractivity contribution in [3.05, 3.63) is 52.1 Å². The van der Waals surface area contributed by atoms with Crippen LogP contribution in [0, 0.1) is 10.1 Å². The van der Waals surface area contributed by atoms with Gasteiger partial charge in [-0.25, -0.2) is 0 Å². The number of nitrogens with zero attached hydrogens (tertiary/aromatic N) is 1. The first-order valence-corrected chi connectivity index (χ1v) is 10.4. The van der Waals surface area contributed by atoms with Crippen LogP contribution < -0.4 is 20.5 Å². The molecule has 4 rings (SSSR count). The zero-order valence-electron chi connectivity index (χ0n) is 15.9. The largest absolute Gasteiger partial charge is 0.448 e. The highest BCUT2D eigenvalue weighted by atomic mass is 32.2. The van der Waals surface area contributed by atoms with Crippen molar-refractivity contribution in [2.75, 3.05) is 11.1 Å². The fraction of sp³-hybridized carbons (Fsp3) is 0.300. The van der Waals surface area contributed by atoms with Crippen LogP contribution in [0.2, 0.25) is 0 Å². The van der Waals surface area contributed by atoms with Gasteiger partial charge in [0.05, 0.1) is 15.6 Å². The number of carbonyl (C=O) groups is 2. The van der Waals surface area contributed by atoms with E-state index in [-0.39, 0.29) is 27.8 Å². The second-order valence-electron chi connectivity index (χ2n) is 7.12. The van der Waals surface area contributed by atoms with Crippen LogP contribution in [0.25, 0.3) is 0 Å². The van der Waals surface area contributed by atoms with Crippen molar-refractivity contribution in [1.29, 1.82) is 0 Å². The van der Waals surface area contributed by atoms with Gasteiger partial charge in [0.1, 0.15) is 0 Å². The van der Waals surface area contributed by atoms with Crippen LogP contribution in [0.5, 0.6) is 11.5 Å². The van der Waals surface area contributed by atoms with E-state index >= 15 is 0 Å². The van der Waals surface area contributed by atoms with Crippen LogP contribution in [0.4, 0.5) is 11.4 Å². The van der Waals surface area contributed by atoms with E-state index in [1.165, 1.54) is 12.1 Å². The van der Waals surface area contributed by atoms with Gasteiger partial charge in [0, 0.05) is 36.2 Å². The van der Waals surface area contributed by atoms with Gasteiger partial charge in [0.25, 0.3) is 11.5 Å². The normalized spacial score (nSPS) is 15.9. The van der Waals surface area contributed by atoms with Gasteiger partial charge in [-0.15, -0.1) is 11.8 Å². The Kier molecular flexibility index (Phi) is 5.25. The van der Waals surface area contributed by atoms with Crippen molar-refractivity contribution in [3.63, 3.8) is 0 Å². The van der Waals surface area contributed by atoms with E-state index in [1.54, 1.807) is 18.2 Å². The summed E-state index contributed by atoms with van der Waals surface area (Å²) in [5, 5.41) is 14.0. The minimum absolute atomic E-state index is 0.0379. The molecule has 0 unspecified atom stereocenters. The number of primary amides is 1. The highest BCUT2D eigenvalue weighted by molar-refractivity contribution is 8.00. The molecule has 1 heterocycles. The quantitative estimate of drug-likeness (QED) is 0.408. The summed E-state index contributed by atoms with van der Waals surface area (Å²) in [6.07, 6.45) is 3.80. The molecular formula is C20H19N3O6S. The lowest BCUT2D eigenvalue weighted by Gasteiger charge is -2.21. The van der Waals surface area contributed by atoms with Crippen LogP contribution in [0.3, 0.4) is 0 Å². The average molecular weight is 429 g/mol. The van der Waals surface area contributed by atoms with E-state index in [2.05, 4.69) is 5.32 Å². The van der Waals surface area contributed by atoms with Gasteiger partial charge in [-0.2, -0.15) is 0 Å². The first-order valence-electron chi connectivity index (χ1n) is 9.38. The predicted molar refractivity (Wildman–Crippen MR) is 110 cm³/mol. The Morgan fingerprint density at radius 3 is 2.57 bits per heavy atom. The van der Waals surface area contributed by atoms with Gasteiger partial charge >= 0.3 is 0 Å². The lowest BCUT2D eigenvalue weighted by molar-refractivity contribution is -0.387. The smallest absolute Gasteiger partial charge is 0.283 e. The summed E-state index contributed by atoms with van der Waals surface area (Å²) in [4.78, 5) is 34.5. The number of amides is 2. The van der Waals surface area contributed by atoms with Crippen molar-refractivity contribution in [1.82, 2.24) is 0 Å². The molecular weight excluding hydrogens is 410 g/mol. The van der Waals surface area contributed by atoms with Gasteiger partial charge < -0.3 is 20.5 Å². The summed E-state index contributed by atoms with van der Waals surface area (Å²) >= 11 is 1.00. The summed E-state index contributed by atoms with van der Waals surface area (Å²) in [7, 11) is 0. The first kappa shape index (κ1) is 20.0. The number of fused-ring (bicyclic) bond motifs is 1. The van der Waals surface area contributed by atoms with E-state index in [0.29, 0.717) is 17.2 Å². The number of nitro groups is 1. The maximum absolute atomic E-state index is 12.3. The maximum Gasteiger partial charge on any atom is 0.283 e. The molecule has 0 bridgehead atoms. The number of ether oxygens (including phenoxy) is 2. The second kappa shape index (κ2) is 7.86. The lowest BCUT2D eigenvalue weighted by atomic mass is 10.2. The van der Waals surface area contributed by atoms with Crippen LogP contribution in [-0.2, 0) is 4.79 Å². The van der Waals surface area contributed by atoms with Gasteiger partial charge in [-0.05, 0) is 37.1 Å². The Morgan fingerprint density at radius 2 is 1.87 bits per heavy atom. The average Bonchev–Trinajstić information content (AvgIpc) is 3.31. The molecule has 2 aliphatic rings. The Morgan fingerprint density at radius 1 is 1.13 bits per heavy atom. The minimum Gasteiger partial charge on any atom is -0.448 e. The molecule has 2 aromatic rings. The summed E-state index contributed by atoms with van der Waals surface area (Å²) in [5.41, 5.74) is 5.49. The third-order valence-corrected chi connectivity index (χ3v) is 6.05. The SMILES string of the molecule is NC(=O)c1ccc(SCC(=O)Nc2ccc3c(c2)OC2(CCCC2)O3)c([N+](=O)[O-])c1. The molecule has 1 aliphatic heterocycles. The van der Waals surface area contributed by atoms with E-state index in [9.17, 15) is 19.7 Å². The number of rotatable bonds is 6. The standard InChI is InChI=1S/C20H19N3O6S/c21-19(25)12-3-6-17(14(9-12)23(26)27)30-11-18(24)22-13-4-5-15-16(10-13)29-20(28-15)7-1-2-8-20/h3-6,9-10H,1-2,7-8,11H2,(H2,21,25)(H,22,24). The Hall–Kier alpha value is -3.27. The van der Waals surface area contributed by atoms with Crippen LogP contribution in [-0.4, -0.2) is 28.3 Å². The van der Waals surface area contributed by atoms with Gasteiger partial charge in [0.15, 0.2) is 11.5 Å². The van der Waals surface area contributed by atoms with Crippen LogP contribution in [0.15, 0.2) is 41.3 Å². The molecule has 1 spiro atoms. The third kappa shape index (κ3) is 4.04. The molecule has 1 fully saturated rings. The zero-order chi connectivity index (χ0) is 21.3. The first-order chi connectivity index (χ1) is 14.3. The highest BCUT2D eigenvalue weighted by Crippen LogP contribution is 2.47. The van der Waals surface area contributed by atoms with Gasteiger partial charge in [-0.3, -0.25) is 19.7 Å². The topological polar surface area (TPSA) is 134 Å². The molecule has 0 aromatic heterocycles. The summed E-state index contributed by atoms with van der Waals surface area (Å²) in [6.45, 7) is 0. The number of hydrogen-bond donors (Lipinski definition) is 2. The molecule has 9 nitrogen and oxygen atoms in total. The number of thioether (sulfide) groups is 1. The molecule has 0 radical (unpaired) electrons. The van der Waals surface area contributed by atoms with E-state index in [1.807, 2.05) is 0 Å². The molecule has 1 aliphatic carbocycles. The molecule has 0 atom stereocenters. The van der Waals surface area contributed by atoms with Gasteiger partial charge in [-0.1, -0.05) is 0 Å². The van der Waals surface area contributed by atoms with Crippen LogP contribution in [0.1, 0.15) is 36.0 Å². The fourth-order valence-corrected chi connectivity index (χ4v) is 4.37. The number of anilines is 1. The Labute approximate surface area is 176 Å². The number of nitrogens with one attached hydrogen (secondary N) is 1. The zero-order valence-corrected chi connectivity index (χ0v) is 16.7. The minimum atomic E-state index is -0.755. The van der Waals surface area contributed by atoms with Crippen molar-refractivity contribution in [2.24, 2.45) is 5.73 Å². The van der Waals surface area contributed by atoms with E-state index < -0.39 is 16.6 Å². The monoisotopic (exact) mass is 429 g/mol. The molecule has 30 heavy (non-hydrogen) atoms. The number of nitro benzene ring substituents is 1. The molecule has 10 heteroatoms. The van der Waals surface area contributed by atoms with Crippen molar-refractivity contribution in [3.8, 4) is 11.5 Å². The molecule has 2 amide bonds. The summed E-state index contributed by atoms with van der Waals surface area (Å²) in [5.74, 6) is -0.446. The third-order valence-electron chi connectivity index (χ3n) is 4.98. The summed E-state index contributed by atoms with van der Waals surface area (Å²) < 4.78 is 11.9. The fourth-order valence-electron chi connectivity index (χ4n) is 3.57. The second-order valence-corrected chi connectivity index (χ2v) is 8.14. The molecule has 0 saturated heterocycles. The molecule has 2 aromatic carbocycles. The number of hydrogen-bond acceptors (Lipinski definition) is 7. The molecule has 156 valence electrons. The maximum atomic E-state index is 12.3. The summed E-state index contributed by atoms with van der Waals surface area (Å²) in [6, 6.07) is 9.12. The lowest BCUT2D eigenvalue weighted by Crippen LogP contribution is -2.34. The van der Waals surface area contributed by atoms with Crippen LogP contribution >= 0.6 is 11.8 Å². The molecule has 1 saturated carbocycles. The van der Waals surface area contributed by atoms with Crippen molar-refractivity contribution < 1.29 is 24.0 Å². The Balaban J connectivity index is 1.39. The van der Waals surface area contributed by atoms with Crippen molar-refractivity contribution >= 4 is 35.0 Å². The Bertz CT molecular complexity index is 1040.